The lowest BCUT2D eigenvalue weighted by atomic mass is 10.0. The summed E-state index contributed by atoms with van der Waals surface area (Å²) in [6, 6.07) is 16.9. The Labute approximate surface area is 184 Å². The van der Waals surface area contributed by atoms with Crippen molar-refractivity contribution in [1.82, 2.24) is 4.90 Å². The molecule has 2 aromatic rings. The van der Waals surface area contributed by atoms with Gasteiger partial charge in [-0.1, -0.05) is 30.3 Å². The Kier molecular flexibility index (Phi) is 7.47. The van der Waals surface area contributed by atoms with E-state index in [1.54, 1.807) is 4.90 Å². The lowest BCUT2D eigenvalue weighted by Crippen LogP contribution is -2.35. The first-order valence-corrected chi connectivity index (χ1v) is 10.7. The van der Waals surface area contributed by atoms with Crippen LogP contribution >= 0.6 is 0 Å². The van der Waals surface area contributed by atoms with Gasteiger partial charge in [-0.25, -0.2) is 0 Å². The number of amides is 2. The van der Waals surface area contributed by atoms with Crippen LogP contribution in [0.3, 0.4) is 0 Å². The number of carbonyl (C=O) groups excluding carboxylic acids is 2. The number of likely N-dealkylation sites (N-methyl/N-ethyl adjacent to an activating group) is 1. The summed E-state index contributed by atoms with van der Waals surface area (Å²) in [4.78, 5) is 29.8. The predicted molar refractivity (Wildman–Crippen MR) is 122 cm³/mol. The van der Waals surface area contributed by atoms with Gasteiger partial charge in [0.05, 0.1) is 18.3 Å². The van der Waals surface area contributed by atoms with Crippen LogP contribution in [0.25, 0.3) is 5.57 Å². The Hall–Kier alpha value is -3.12. The van der Waals surface area contributed by atoms with Gasteiger partial charge in [0.15, 0.2) is 0 Å². The molecule has 6 nitrogen and oxygen atoms in total. The summed E-state index contributed by atoms with van der Waals surface area (Å²) >= 11 is 0. The molecule has 0 spiro atoms. The number of ether oxygens (including phenoxy) is 2. The zero-order valence-electron chi connectivity index (χ0n) is 18.6. The molecule has 0 radical (unpaired) electrons. The number of imide groups is 1. The Bertz CT molecular complexity index is 936. The summed E-state index contributed by atoms with van der Waals surface area (Å²) in [6.45, 7) is 7.22. The zero-order valence-corrected chi connectivity index (χ0v) is 18.6. The number of hydrogen-bond acceptors (Lipinski definition) is 5. The van der Waals surface area contributed by atoms with Gasteiger partial charge in [-0.3, -0.25) is 14.5 Å². The Balaban J connectivity index is 1.94. The van der Waals surface area contributed by atoms with Gasteiger partial charge >= 0.3 is 0 Å². The van der Waals surface area contributed by atoms with Crippen LogP contribution in [0.1, 0.15) is 32.8 Å². The standard InChI is InChI=1S/C25H30N2O4/c1-5-30-21-14-12-19(13-15-21)22-23(26(4)20-10-7-6-8-11-20)25(29)27(24(22)28)16-9-17-31-18(2)3/h6-8,10-15,18H,5,9,16-17H2,1-4H3. The lowest BCUT2D eigenvalue weighted by Gasteiger charge is -2.21. The van der Waals surface area contributed by atoms with Crippen molar-refractivity contribution in [2.24, 2.45) is 0 Å². The highest BCUT2D eigenvalue weighted by molar-refractivity contribution is 6.36. The molecule has 0 unspecified atom stereocenters. The Morgan fingerprint density at radius 1 is 0.968 bits per heavy atom. The van der Waals surface area contributed by atoms with Crippen molar-refractivity contribution in [3.8, 4) is 5.75 Å². The van der Waals surface area contributed by atoms with Crippen LogP contribution in [0.2, 0.25) is 0 Å². The van der Waals surface area contributed by atoms with Gasteiger partial charge in [-0.2, -0.15) is 0 Å². The van der Waals surface area contributed by atoms with Crippen LogP contribution < -0.4 is 9.64 Å². The molecule has 1 aliphatic heterocycles. The van der Waals surface area contributed by atoms with Crippen LogP contribution in [-0.4, -0.2) is 49.6 Å². The fourth-order valence-corrected chi connectivity index (χ4v) is 3.54. The van der Waals surface area contributed by atoms with Gasteiger partial charge in [0.25, 0.3) is 11.8 Å². The first kappa shape index (κ1) is 22.6. The highest BCUT2D eigenvalue weighted by atomic mass is 16.5. The van der Waals surface area contributed by atoms with E-state index in [0.717, 1.165) is 11.4 Å². The van der Waals surface area contributed by atoms with E-state index in [-0.39, 0.29) is 17.9 Å². The summed E-state index contributed by atoms with van der Waals surface area (Å²) in [5.41, 5.74) is 2.32. The highest BCUT2D eigenvalue weighted by Gasteiger charge is 2.40. The molecule has 0 N–H and O–H groups in total. The second-order valence-electron chi connectivity index (χ2n) is 7.61. The van der Waals surface area contributed by atoms with Crippen molar-refractivity contribution in [2.45, 2.75) is 33.3 Å². The average molecular weight is 423 g/mol. The van der Waals surface area contributed by atoms with Crippen LogP contribution in [0, 0.1) is 0 Å². The molecule has 2 amide bonds. The summed E-state index contributed by atoms with van der Waals surface area (Å²) < 4.78 is 11.1. The predicted octanol–water partition coefficient (Wildman–Crippen LogP) is 4.12. The molecular weight excluding hydrogens is 392 g/mol. The number of benzene rings is 2. The molecule has 0 atom stereocenters. The molecule has 1 aliphatic rings. The van der Waals surface area contributed by atoms with Gasteiger partial charge in [0.1, 0.15) is 11.4 Å². The van der Waals surface area contributed by atoms with E-state index in [1.165, 1.54) is 4.90 Å². The second-order valence-corrected chi connectivity index (χ2v) is 7.61. The summed E-state index contributed by atoms with van der Waals surface area (Å²) in [5, 5.41) is 0. The smallest absolute Gasteiger partial charge is 0.278 e. The number of hydrogen-bond donors (Lipinski definition) is 0. The third-order valence-electron chi connectivity index (χ3n) is 5.05. The summed E-state index contributed by atoms with van der Waals surface area (Å²) in [7, 11) is 1.82. The summed E-state index contributed by atoms with van der Waals surface area (Å²) in [6.07, 6.45) is 0.705. The molecule has 0 bridgehead atoms. The van der Waals surface area contributed by atoms with Gasteiger partial charge < -0.3 is 14.4 Å². The second kappa shape index (κ2) is 10.3. The summed E-state index contributed by atoms with van der Waals surface area (Å²) in [5.74, 6) is 0.158. The van der Waals surface area contributed by atoms with Gasteiger partial charge in [0, 0.05) is 25.9 Å². The van der Waals surface area contributed by atoms with Crippen molar-refractivity contribution in [2.75, 3.05) is 31.7 Å². The van der Waals surface area contributed by atoms with E-state index >= 15 is 0 Å². The van der Waals surface area contributed by atoms with E-state index in [2.05, 4.69) is 0 Å². The van der Waals surface area contributed by atoms with Gasteiger partial charge in [-0.05, 0) is 57.0 Å². The van der Waals surface area contributed by atoms with Crippen LogP contribution in [0.15, 0.2) is 60.3 Å². The largest absolute Gasteiger partial charge is 0.494 e. The lowest BCUT2D eigenvalue weighted by molar-refractivity contribution is -0.137. The quantitative estimate of drug-likeness (QED) is 0.426. The molecule has 6 heteroatoms. The van der Waals surface area contributed by atoms with Crippen LogP contribution in [-0.2, 0) is 14.3 Å². The van der Waals surface area contributed by atoms with E-state index in [9.17, 15) is 9.59 Å². The molecule has 0 saturated heterocycles. The molecule has 0 aliphatic carbocycles. The minimum absolute atomic E-state index is 0.113. The molecule has 1 heterocycles. The normalized spacial score (nSPS) is 14.0. The third kappa shape index (κ3) is 5.14. The minimum atomic E-state index is -0.287. The monoisotopic (exact) mass is 422 g/mol. The fraction of sp³-hybridized carbons (Fsp3) is 0.360. The number of nitrogens with zero attached hydrogens (tertiary/aromatic N) is 2. The fourth-order valence-electron chi connectivity index (χ4n) is 3.54. The Morgan fingerprint density at radius 3 is 2.26 bits per heavy atom. The molecule has 164 valence electrons. The van der Waals surface area contributed by atoms with Crippen molar-refractivity contribution < 1.29 is 19.1 Å². The third-order valence-corrected chi connectivity index (χ3v) is 5.05. The van der Waals surface area contributed by atoms with Crippen LogP contribution in [0.5, 0.6) is 5.75 Å². The number of anilines is 1. The first-order chi connectivity index (χ1) is 14.9. The number of rotatable bonds is 10. The van der Waals surface area contributed by atoms with Crippen molar-refractivity contribution >= 4 is 23.1 Å². The maximum atomic E-state index is 13.4. The number of para-hydroxylation sites is 1. The Morgan fingerprint density at radius 2 is 1.65 bits per heavy atom. The van der Waals surface area contributed by atoms with Crippen LogP contribution in [0.4, 0.5) is 5.69 Å². The highest BCUT2D eigenvalue weighted by Crippen LogP contribution is 2.34. The molecule has 0 aromatic heterocycles. The van der Waals surface area contributed by atoms with E-state index in [0.29, 0.717) is 43.0 Å². The van der Waals surface area contributed by atoms with E-state index in [4.69, 9.17) is 9.47 Å². The van der Waals surface area contributed by atoms with Crippen molar-refractivity contribution in [3.63, 3.8) is 0 Å². The SMILES string of the molecule is CCOc1ccc(C2=C(N(C)c3ccccc3)C(=O)N(CCCOC(C)C)C2=O)cc1. The maximum Gasteiger partial charge on any atom is 0.278 e. The molecule has 2 aromatic carbocycles. The van der Waals surface area contributed by atoms with Crippen molar-refractivity contribution in [1.29, 1.82) is 0 Å². The minimum Gasteiger partial charge on any atom is -0.494 e. The molecule has 3 rings (SSSR count). The van der Waals surface area contributed by atoms with Gasteiger partial charge in [0.2, 0.25) is 0 Å². The van der Waals surface area contributed by atoms with Crippen molar-refractivity contribution in [3.05, 3.63) is 65.9 Å². The average Bonchev–Trinajstić information content (AvgIpc) is 3.02. The molecular formula is C25H30N2O4. The number of carbonyl (C=O) groups is 2. The molecule has 0 saturated carbocycles. The molecule has 31 heavy (non-hydrogen) atoms. The van der Waals surface area contributed by atoms with Gasteiger partial charge in [-0.15, -0.1) is 0 Å². The topological polar surface area (TPSA) is 59.1 Å². The first-order valence-electron chi connectivity index (χ1n) is 10.7. The van der Waals surface area contributed by atoms with E-state index < -0.39 is 0 Å². The zero-order chi connectivity index (χ0) is 22.4. The molecule has 0 fully saturated rings. The van der Waals surface area contributed by atoms with E-state index in [1.807, 2.05) is 82.4 Å². The maximum absolute atomic E-state index is 13.4.